The molecule has 0 aliphatic rings. The van der Waals surface area contributed by atoms with Gasteiger partial charge in [-0.1, -0.05) is 6.07 Å². The van der Waals surface area contributed by atoms with Crippen molar-refractivity contribution in [1.29, 1.82) is 0 Å². The van der Waals surface area contributed by atoms with Crippen molar-refractivity contribution in [3.63, 3.8) is 0 Å². The summed E-state index contributed by atoms with van der Waals surface area (Å²) in [4.78, 5) is 26.4. The monoisotopic (exact) mass is 421 g/mol. The largest absolute Gasteiger partial charge is 0.497 e. The summed E-state index contributed by atoms with van der Waals surface area (Å²) in [6.07, 6.45) is 0. The van der Waals surface area contributed by atoms with Crippen LogP contribution < -0.4 is 19.9 Å². The lowest BCUT2D eigenvalue weighted by Crippen LogP contribution is -2.38. The number of carbonyl (C=O) groups is 2. The second-order valence-electron chi connectivity index (χ2n) is 6.01. The number of anilines is 1. The maximum absolute atomic E-state index is 12.9. The summed E-state index contributed by atoms with van der Waals surface area (Å²) in [5.74, 6) is -0.226. The fraction of sp³-hybridized carbons (Fsp3) is 0.263. The van der Waals surface area contributed by atoms with E-state index >= 15 is 0 Å². The smallest absolute Gasteiger partial charge is 0.258 e. The highest BCUT2D eigenvalue weighted by molar-refractivity contribution is 7.89. The summed E-state index contributed by atoms with van der Waals surface area (Å²) in [5, 5.41) is 7.84. The number of nitrogens with one attached hydrogen (secondary N) is 1. The molecule has 3 N–H and O–H groups in total. The number of hydrogen-bond donors (Lipinski definition) is 2. The Balaban J connectivity index is 2.22. The Morgan fingerprint density at radius 3 is 2.41 bits per heavy atom. The van der Waals surface area contributed by atoms with Crippen LogP contribution in [0.1, 0.15) is 17.3 Å². The van der Waals surface area contributed by atoms with Gasteiger partial charge in [-0.15, -0.1) is 0 Å². The van der Waals surface area contributed by atoms with E-state index in [-0.39, 0.29) is 29.3 Å². The lowest BCUT2D eigenvalue weighted by atomic mass is 10.1. The Labute approximate surface area is 169 Å². The average Bonchev–Trinajstić information content (AvgIpc) is 2.70. The van der Waals surface area contributed by atoms with Crippen molar-refractivity contribution in [2.24, 2.45) is 5.14 Å². The molecule has 0 heterocycles. The van der Waals surface area contributed by atoms with Crippen LogP contribution in [0, 0.1) is 0 Å². The highest BCUT2D eigenvalue weighted by Gasteiger charge is 2.23. The van der Waals surface area contributed by atoms with Crippen LogP contribution in [-0.4, -0.2) is 52.4 Å². The molecule has 0 aliphatic carbocycles. The number of benzene rings is 2. The maximum Gasteiger partial charge on any atom is 0.258 e. The molecule has 0 spiro atoms. The van der Waals surface area contributed by atoms with Crippen molar-refractivity contribution < 1.29 is 27.5 Å². The van der Waals surface area contributed by atoms with Crippen LogP contribution in [0.4, 0.5) is 5.69 Å². The van der Waals surface area contributed by atoms with Crippen LogP contribution in [0.5, 0.6) is 11.5 Å². The van der Waals surface area contributed by atoms with Crippen molar-refractivity contribution in [3.8, 4) is 11.5 Å². The van der Waals surface area contributed by atoms with Gasteiger partial charge in [0.2, 0.25) is 15.9 Å². The molecule has 156 valence electrons. The summed E-state index contributed by atoms with van der Waals surface area (Å²) < 4.78 is 33.5. The molecule has 0 aliphatic heterocycles. The molecule has 9 nitrogen and oxygen atoms in total. The molecule has 29 heavy (non-hydrogen) atoms. The molecule has 0 saturated carbocycles. The molecule has 0 unspecified atom stereocenters. The number of likely N-dealkylation sites (N-methyl/N-ethyl adjacent to an activating group) is 1. The number of rotatable bonds is 8. The highest BCUT2D eigenvalue weighted by Crippen LogP contribution is 2.24. The van der Waals surface area contributed by atoms with Gasteiger partial charge < -0.3 is 19.7 Å². The first-order valence-electron chi connectivity index (χ1n) is 8.63. The predicted molar refractivity (Wildman–Crippen MR) is 108 cm³/mol. The summed E-state index contributed by atoms with van der Waals surface area (Å²) in [6.45, 7) is 1.68. The number of sulfonamides is 1. The molecule has 0 radical (unpaired) electrons. The van der Waals surface area contributed by atoms with Crippen molar-refractivity contribution >= 4 is 27.5 Å². The maximum atomic E-state index is 12.9. The van der Waals surface area contributed by atoms with Crippen LogP contribution in [-0.2, 0) is 14.8 Å². The standard InChI is InChI=1S/C19H23N3O6S/c1-4-22(12-18(23)21-13-6-5-7-14(10-13)27-2)19(24)16-11-15(29(20,25)26)8-9-17(16)28-3/h5-11H,4,12H2,1-3H3,(H,21,23)(H2,20,25,26). The minimum atomic E-state index is -4.00. The van der Waals surface area contributed by atoms with Crippen LogP contribution in [0.25, 0.3) is 0 Å². The van der Waals surface area contributed by atoms with Crippen molar-refractivity contribution in [2.45, 2.75) is 11.8 Å². The van der Waals surface area contributed by atoms with Gasteiger partial charge in [0.05, 0.1) is 24.7 Å². The number of amides is 2. The Bertz CT molecular complexity index is 1010. The zero-order valence-electron chi connectivity index (χ0n) is 16.3. The first kappa shape index (κ1) is 22.2. The van der Waals surface area contributed by atoms with E-state index < -0.39 is 21.8 Å². The first-order chi connectivity index (χ1) is 13.7. The van der Waals surface area contributed by atoms with Gasteiger partial charge in [-0.25, -0.2) is 13.6 Å². The van der Waals surface area contributed by atoms with Gasteiger partial charge >= 0.3 is 0 Å². The molecule has 10 heteroatoms. The van der Waals surface area contributed by atoms with Crippen LogP contribution in [0.15, 0.2) is 47.4 Å². The number of carbonyl (C=O) groups excluding carboxylic acids is 2. The van der Waals surface area contributed by atoms with E-state index in [2.05, 4.69) is 5.32 Å². The zero-order valence-corrected chi connectivity index (χ0v) is 17.2. The third kappa shape index (κ3) is 5.69. The minimum absolute atomic E-state index is 0.00458. The number of nitrogens with two attached hydrogens (primary N) is 1. The Morgan fingerprint density at radius 2 is 1.83 bits per heavy atom. The van der Waals surface area contributed by atoms with Gasteiger partial charge in [-0.2, -0.15) is 0 Å². The summed E-state index contributed by atoms with van der Waals surface area (Å²) in [7, 11) is -1.13. The fourth-order valence-electron chi connectivity index (χ4n) is 2.60. The van der Waals surface area contributed by atoms with Crippen LogP contribution in [0.2, 0.25) is 0 Å². The van der Waals surface area contributed by atoms with Crippen molar-refractivity contribution in [1.82, 2.24) is 4.90 Å². The molecule has 2 aromatic carbocycles. The van der Waals surface area contributed by atoms with Crippen molar-refractivity contribution in [3.05, 3.63) is 48.0 Å². The normalized spacial score (nSPS) is 10.9. The van der Waals surface area contributed by atoms with Crippen molar-refractivity contribution in [2.75, 3.05) is 32.6 Å². The van der Waals surface area contributed by atoms with Gasteiger partial charge in [0.25, 0.3) is 5.91 Å². The summed E-state index contributed by atoms with van der Waals surface area (Å²) in [6, 6.07) is 10.5. The van der Waals surface area contributed by atoms with Crippen LogP contribution >= 0.6 is 0 Å². The average molecular weight is 421 g/mol. The summed E-state index contributed by atoms with van der Waals surface area (Å²) >= 11 is 0. The highest BCUT2D eigenvalue weighted by atomic mass is 32.2. The molecule has 0 saturated heterocycles. The second-order valence-corrected chi connectivity index (χ2v) is 7.57. The molecule has 0 fully saturated rings. The van der Waals surface area contributed by atoms with Gasteiger partial charge in [0.1, 0.15) is 18.0 Å². The number of nitrogens with zero attached hydrogens (tertiary/aromatic N) is 1. The fourth-order valence-corrected chi connectivity index (χ4v) is 3.14. The molecule has 0 aromatic heterocycles. The topological polar surface area (TPSA) is 128 Å². The lowest BCUT2D eigenvalue weighted by molar-refractivity contribution is -0.116. The van der Waals surface area contributed by atoms with Gasteiger partial charge in [-0.3, -0.25) is 9.59 Å². The molecule has 2 rings (SSSR count). The number of hydrogen-bond acceptors (Lipinski definition) is 6. The number of primary sulfonamides is 1. The first-order valence-corrected chi connectivity index (χ1v) is 10.2. The third-order valence-electron chi connectivity index (χ3n) is 4.09. The molecule has 2 aromatic rings. The van der Waals surface area contributed by atoms with E-state index in [9.17, 15) is 18.0 Å². The van der Waals surface area contributed by atoms with E-state index in [0.29, 0.717) is 11.4 Å². The minimum Gasteiger partial charge on any atom is -0.497 e. The Morgan fingerprint density at radius 1 is 1.10 bits per heavy atom. The van der Waals surface area contributed by atoms with Crippen LogP contribution in [0.3, 0.4) is 0 Å². The Kier molecular flexibility index (Phi) is 7.18. The SMILES string of the molecule is CCN(CC(=O)Nc1cccc(OC)c1)C(=O)c1cc(S(N)(=O)=O)ccc1OC. The van der Waals surface area contributed by atoms with E-state index in [1.54, 1.807) is 31.2 Å². The van der Waals surface area contributed by atoms with E-state index in [1.807, 2.05) is 0 Å². The lowest BCUT2D eigenvalue weighted by Gasteiger charge is -2.22. The molecular formula is C19H23N3O6S. The van der Waals surface area contributed by atoms with E-state index in [0.717, 1.165) is 6.07 Å². The molecule has 0 atom stereocenters. The van der Waals surface area contributed by atoms with Gasteiger partial charge in [0.15, 0.2) is 0 Å². The number of ether oxygens (including phenoxy) is 2. The predicted octanol–water partition coefficient (Wildman–Crippen LogP) is 1.45. The van der Waals surface area contributed by atoms with Gasteiger partial charge in [-0.05, 0) is 37.3 Å². The van der Waals surface area contributed by atoms with E-state index in [4.69, 9.17) is 14.6 Å². The third-order valence-corrected chi connectivity index (χ3v) is 5.00. The van der Waals surface area contributed by atoms with Gasteiger partial charge in [0, 0.05) is 18.3 Å². The zero-order chi connectivity index (χ0) is 21.6. The van der Waals surface area contributed by atoms with E-state index in [1.165, 1.54) is 31.3 Å². The summed E-state index contributed by atoms with van der Waals surface area (Å²) in [5.41, 5.74) is 0.515. The molecule has 0 bridgehead atoms. The quantitative estimate of drug-likeness (QED) is 0.664. The molecular weight excluding hydrogens is 398 g/mol. The molecule has 2 amide bonds. The number of methoxy groups -OCH3 is 2. The second kappa shape index (κ2) is 9.39. The Hall–Kier alpha value is -3.11.